The van der Waals surface area contributed by atoms with Gasteiger partial charge in [0.25, 0.3) is 0 Å². The van der Waals surface area contributed by atoms with Crippen LogP contribution in [-0.2, 0) is 4.79 Å². The normalized spacial score (nSPS) is 19.2. The van der Waals surface area contributed by atoms with Crippen molar-refractivity contribution in [1.29, 1.82) is 0 Å². The van der Waals surface area contributed by atoms with Gasteiger partial charge in [0.05, 0.1) is 38.7 Å². The molecule has 2 aromatic carbocycles. The van der Waals surface area contributed by atoms with E-state index in [-0.39, 0.29) is 17.2 Å². The third-order valence-electron chi connectivity index (χ3n) is 6.45. The summed E-state index contributed by atoms with van der Waals surface area (Å²) in [5.41, 5.74) is 6.86. The molecule has 1 aliphatic carbocycles. The number of aryl methyl sites for hydroxylation is 2. The average Bonchev–Trinajstić information content (AvgIpc) is 2.88. The maximum atomic E-state index is 13.5. The van der Waals surface area contributed by atoms with Gasteiger partial charge in [-0.2, -0.15) is 0 Å². The smallest absolute Gasteiger partial charge is 0.203 e. The Labute approximate surface area is 189 Å². The van der Waals surface area contributed by atoms with E-state index in [1.807, 2.05) is 12.1 Å². The van der Waals surface area contributed by atoms with Gasteiger partial charge in [-0.05, 0) is 66.6 Å². The quantitative estimate of drug-likeness (QED) is 0.655. The molecule has 2 aliphatic rings. The molecule has 2 aromatic rings. The number of methoxy groups -OCH3 is 3. The molecular weight excluding hydrogens is 404 g/mol. The first kappa shape index (κ1) is 22.1. The lowest BCUT2D eigenvalue weighted by molar-refractivity contribution is -0.118. The molecule has 0 aromatic heterocycles. The molecule has 6 nitrogen and oxygen atoms in total. The standard InChI is InChI=1S/C26H32N2O4/c1-14-8-17-18(9-15(14)2)28-24(23-19(27-17)12-26(3,4)13-20(23)29)16-10-21(30-5)25(32-7)22(11-16)31-6/h8-11,24,27-28H,12-13H2,1-7H3. The molecule has 0 saturated carbocycles. The molecule has 0 saturated heterocycles. The molecule has 0 amide bonds. The Morgan fingerprint density at radius 2 is 1.47 bits per heavy atom. The zero-order valence-electron chi connectivity index (χ0n) is 19.9. The summed E-state index contributed by atoms with van der Waals surface area (Å²) < 4.78 is 16.7. The van der Waals surface area contributed by atoms with Gasteiger partial charge in [-0.15, -0.1) is 0 Å². The third kappa shape index (κ3) is 3.78. The van der Waals surface area contributed by atoms with Crippen LogP contribution in [0, 0.1) is 19.3 Å². The van der Waals surface area contributed by atoms with Gasteiger partial charge in [-0.3, -0.25) is 4.79 Å². The summed E-state index contributed by atoms with van der Waals surface area (Å²) in [6.45, 7) is 8.48. The zero-order valence-corrected chi connectivity index (χ0v) is 19.9. The van der Waals surface area contributed by atoms with E-state index in [4.69, 9.17) is 14.2 Å². The highest BCUT2D eigenvalue weighted by molar-refractivity contribution is 6.01. The lowest BCUT2D eigenvalue weighted by Crippen LogP contribution is -2.31. The number of hydrogen-bond donors (Lipinski definition) is 2. The van der Waals surface area contributed by atoms with Crippen LogP contribution in [0.4, 0.5) is 11.4 Å². The van der Waals surface area contributed by atoms with Crippen LogP contribution in [-0.4, -0.2) is 27.1 Å². The molecule has 0 fully saturated rings. The number of ether oxygens (including phenoxy) is 3. The van der Waals surface area contributed by atoms with Gasteiger partial charge in [0.2, 0.25) is 5.75 Å². The van der Waals surface area contributed by atoms with Crippen molar-refractivity contribution < 1.29 is 19.0 Å². The number of anilines is 2. The summed E-state index contributed by atoms with van der Waals surface area (Å²) in [7, 11) is 4.79. The molecule has 0 radical (unpaired) electrons. The first-order chi connectivity index (χ1) is 15.2. The minimum absolute atomic E-state index is 0.104. The van der Waals surface area contributed by atoms with Crippen molar-refractivity contribution >= 4 is 17.2 Å². The van der Waals surface area contributed by atoms with E-state index in [0.717, 1.165) is 34.6 Å². The van der Waals surface area contributed by atoms with Gasteiger partial charge in [-0.1, -0.05) is 13.8 Å². The first-order valence-electron chi connectivity index (χ1n) is 10.9. The summed E-state index contributed by atoms with van der Waals surface area (Å²) in [4.78, 5) is 13.5. The number of carbonyl (C=O) groups is 1. The molecule has 0 bridgehead atoms. The third-order valence-corrected chi connectivity index (χ3v) is 6.45. The van der Waals surface area contributed by atoms with Crippen LogP contribution in [0.1, 0.15) is 49.4 Å². The lowest BCUT2D eigenvalue weighted by atomic mass is 9.73. The summed E-state index contributed by atoms with van der Waals surface area (Å²) in [5.74, 6) is 1.80. The van der Waals surface area contributed by atoms with Gasteiger partial charge in [0.15, 0.2) is 17.3 Å². The van der Waals surface area contributed by atoms with Gasteiger partial charge in [0.1, 0.15) is 0 Å². The van der Waals surface area contributed by atoms with Crippen LogP contribution in [0.15, 0.2) is 35.5 Å². The molecule has 1 atom stereocenters. The Balaban J connectivity index is 1.94. The molecule has 32 heavy (non-hydrogen) atoms. The summed E-state index contributed by atoms with van der Waals surface area (Å²) in [5, 5.41) is 7.25. The Morgan fingerprint density at radius 3 is 2.03 bits per heavy atom. The van der Waals surface area contributed by atoms with Crippen molar-refractivity contribution in [3.05, 3.63) is 52.2 Å². The fraction of sp³-hybridized carbons (Fsp3) is 0.423. The second kappa shape index (κ2) is 8.08. The van der Waals surface area contributed by atoms with Crippen LogP contribution < -0.4 is 24.8 Å². The van der Waals surface area contributed by atoms with E-state index in [1.165, 1.54) is 11.1 Å². The van der Waals surface area contributed by atoms with Crippen LogP contribution in [0.3, 0.4) is 0 Å². The molecule has 1 unspecified atom stereocenters. The lowest BCUT2D eigenvalue weighted by Gasteiger charge is -2.34. The minimum Gasteiger partial charge on any atom is -0.493 e. The van der Waals surface area contributed by atoms with Gasteiger partial charge in [-0.25, -0.2) is 0 Å². The van der Waals surface area contributed by atoms with Crippen molar-refractivity contribution in [2.24, 2.45) is 5.41 Å². The molecular formula is C26H32N2O4. The highest BCUT2D eigenvalue weighted by Crippen LogP contribution is 2.48. The van der Waals surface area contributed by atoms with Crippen molar-refractivity contribution in [1.82, 2.24) is 0 Å². The number of allylic oxidation sites excluding steroid dienone is 1. The van der Waals surface area contributed by atoms with Crippen molar-refractivity contribution in [2.45, 2.75) is 46.6 Å². The SMILES string of the molecule is COc1cc(C2Nc3cc(C)c(C)cc3NC3=C2C(=O)CC(C)(C)C3)cc(OC)c1OC. The number of hydrogen-bond acceptors (Lipinski definition) is 6. The maximum Gasteiger partial charge on any atom is 0.203 e. The molecule has 170 valence electrons. The second-order valence-corrected chi connectivity index (χ2v) is 9.48. The van der Waals surface area contributed by atoms with E-state index in [9.17, 15) is 4.79 Å². The average molecular weight is 437 g/mol. The van der Waals surface area contributed by atoms with Crippen LogP contribution in [0.25, 0.3) is 0 Å². The Hall–Kier alpha value is -3.15. The molecule has 0 spiro atoms. The van der Waals surface area contributed by atoms with E-state index >= 15 is 0 Å². The van der Waals surface area contributed by atoms with Gasteiger partial charge < -0.3 is 24.8 Å². The summed E-state index contributed by atoms with van der Waals surface area (Å²) >= 11 is 0. The highest BCUT2D eigenvalue weighted by atomic mass is 16.5. The van der Waals surface area contributed by atoms with Crippen LogP contribution in [0.2, 0.25) is 0 Å². The van der Waals surface area contributed by atoms with Crippen LogP contribution >= 0.6 is 0 Å². The summed E-state index contributed by atoms with van der Waals surface area (Å²) in [6.07, 6.45) is 1.30. The number of benzene rings is 2. The predicted octanol–water partition coefficient (Wildman–Crippen LogP) is 5.55. The van der Waals surface area contributed by atoms with Crippen molar-refractivity contribution in [3.8, 4) is 17.2 Å². The fourth-order valence-electron chi connectivity index (χ4n) is 4.73. The largest absolute Gasteiger partial charge is 0.493 e. The number of rotatable bonds is 4. The monoisotopic (exact) mass is 436 g/mol. The number of Topliss-reactive ketones (excluding diaryl/α,β-unsaturated/α-hetero) is 1. The van der Waals surface area contributed by atoms with Gasteiger partial charge in [0, 0.05) is 17.7 Å². The predicted molar refractivity (Wildman–Crippen MR) is 127 cm³/mol. The fourth-order valence-corrected chi connectivity index (χ4v) is 4.73. The van der Waals surface area contributed by atoms with E-state index in [2.05, 4.69) is 50.5 Å². The van der Waals surface area contributed by atoms with E-state index in [1.54, 1.807) is 21.3 Å². The van der Waals surface area contributed by atoms with E-state index < -0.39 is 0 Å². The molecule has 6 heteroatoms. The maximum absolute atomic E-state index is 13.5. The van der Waals surface area contributed by atoms with E-state index in [0.29, 0.717) is 23.7 Å². The molecule has 1 heterocycles. The van der Waals surface area contributed by atoms with Gasteiger partial charge >= 0.3 is 0 Å². The van der Waals surface area contributed by atoms with Crippen molar-refractivity contribution in [3.63, 3.8) is 0 Å². The number of carbonyl (C=O) groups excluding carboxylic acids is 1. The highest BCUT2D eigenvalue weighted by Gasteiger charge is 2.39. The molecule has 2 N–H and O–H groups in total. The minimum atomic E-state index is -0.349. The van der Waals surface area contributed by atoms with Crippen LogP contribution in [0.5, 0.6) is 17.2 Å². The number of nitrogens with one attached hydrogen (secondary N) is 2. The topological polar surface area (TPSA) is 68.8 Å². The van der Waals surface area contributed by atoms with Crippen molar-refractivity contribution in [2.75, 3.05) is 32.0 Å². The Morgan fingerprint density at radius 1 is 0.875 bits per heavy atom. The second-order valence-electron chi connectivity index (χ2n) is 9.48. The molecule has 4 rings (SSSR count). The number of fused-ring (bicyclic) bond motifs is 1. The first-order valence-corrected chi connectivity index (χ1v) is 10.9. The Bertz CT molecular complexity index is 1090. The number of ketones is 1. The Kier molecular flexibility index (Phi) is 5.57. The molecule has 1 aliphatic heterocycles. The zero-order chi connectivity index (χ0) is 23.2. The summed E-state index contributed by atoms with van der Waals surface area (Å²) in [6, 6.07) is 7.77.